The van der Waals surface area contributed by atoms with Crippen LogP contribution in [0.25, 0.3) is 28.0 Å². The summed E-state index contributed by atoms with van der Waals surface area (Å²) in [6.45, 7) is 2.65. The summed E-state index contributed by atoms with van der Waals surface area (Å²) in [5.41, 5.74) is 11.3. The highest BCUT2D eigenvalue weighted by Gasteiger charge is 2.19. The van der Waals surface area contributed by atoms with Crippen LogP contribution in [0.4, 0.5) is 16.2 Å². The SMILES string of the molecule is Cc1cccc(-n2nc3nc(NCCc4ccccc4)nc(-c4cccc(F)c4)c3c2N)c1. The molecule has 0 aliphatic heterocycles. The molecule has 0 unspecified atom stereocenters. The lowest BCUT2D eigenvalue weighted by molar-refractivity contribution is 0.628. The topological polar surface area (TPSA) is 81.7 Å². The first-order valence-electron chi connectivity index (χ1n) is 10.8. The number of nitrogen functional groups attached to an aromatic ring is 1. The maximum Gasteiger partial charge on any atom is 0.225 e. The monoisotopic (exact) mass is 438 g/mol. The van der Waals surface area contributed by atoms with Crippen molar-refractivity contribution in [2.24, 2.45) is 0 Å². The van der Waals surface area contributed by atoms with E-state index < -0.39 is 0 Å². The summed E-state index contributed by atoms with van der Waals surface area (Å²) in [6.07, 6.45) is 0.817. The largest absolute Gasteiger partial charge is 0.383 e. The molecule has 2 aromatic heterocycles. The van der Waals surface area contributed by atoms with Crippen molar-refractivity contribution >= 4 is 22.8 Å². The van der Waals surface area contributed by atoms with E-state index in [1.807, 2.05) is 55.5 Å². The fourth-order valence-corrected chi connectivity index (χ4v) is 3.86. The molecule has 2 heterocycles. The molecule has 0 atom stereocenters. The first-order chi connectivity index (χ1) is 16.1. The number of nitrogens with zero attached hydrogens (tertiary/aromatic N) is 4. The molecular weight excluding hydrogens is 415 g/mol. The molecule has 5 aromatic rings. The Morgan fingerprint density at radius 2 is 1.76 bits per heavy atom. The highest BCUT2D eigenvalue weighted by molar-refractivity contribution is 5.99. The van der Waals surface area contributed by atoms with Crippen LogP contribution in [0.1, 0.15) is 11.1 Å². The fraction of sp³-hybridized carbons (Fsp3) is 0.115. The molecule has 164 valence electrons. The minimum Gasteiger partial charge on any atom is -0.383 e. The van der Waals surface area contributed by atoms with Crippen LogP contribution in [0.5, 0.6) is 0 Å². The van der Waals surface area contributed by atoms with Gasteiger partial charge in [0.25, 0.3) is 0 Å². The molecule has 6 nitrogen and oxygen atoms in total. The lowest BCUT2D eigenvalue weighted by Gasteiger charge is -2.09. The highest BCUT2D eigenvalue weighted by Crippen LogP contribution is 2.33. The zero-order chi connectivity index (χ0) is 22.8. The molecule has 0 amide bonds. The zero-order valence-electron chi connectivity index (χ0n) is 18.2. The van der Waals surface area contributed by atoms with Gasteiger partial charge in [-0.05, 0) is 48.7 Å². The Hall–Kier alpha value is -4.26. The number of rotatable bonds is 6. The fourth-order valence-electron chi connectivity index (χ4n) is 3.86. The van der Waals surface area contributed by atoms with Gasteiger partial charge < -0.3 is 11.1 Å². The van der Waals surface area contributed by atoms with Crippen molar-refractivity contribution in [1.82, 2.24) is 19.7 Å². The summed E-state index contributed by atoms with van der Waals surface area (Å²) >= 11 is 0. The van der Waals surface area contributed by atoms with Crippen LogP contribution < -0.4 is 11.1 Å². The normalized spacial score (nSPS) is 11.1. The first-order valence-corrected chi connectivity index (χ1v) is 10.8. The molecule has 3 N–H and O–H groups in total. The number of halogens is 1. The van der Waals surface area contributed by atoms with Crippen LogP contribution >= 0.6 is 0 Å². The average molecular weight is 439 g/mol. The standard InChI is InChI=1S/C26H23FN6/c1-17-7-5-12-21(15-17)33-24(28)22-23(19-10-6-11-20(27)16-19)30-26(31-25(22)32-33)29-14-13-18-8-3-2-4-9-18/h2-12,15-16H,13-14,28H2,1H3,(H,29,31,32). The summed E-state index contributed by atoms with van der Waals surface area (Å²) in [5, 5.41) is 8.54. The van der Waals surface area contributed by atoms with Crippen LogP contribution in [0.2, 0.25) is 0 Å². The molecule has 3 aromatic carbocycles. The molecule has 0 aliphatic rings. The number of nitrogens with one attached hydrogen (secondary N) is 1. The van der Waals surface area contributed by atoms with Crippen LogP contribution in [-0.4, -0.2) is 26.3 Å². The second kappa shape index (κ2) is 8.70. The third-order valence-electron chi connectivity index (χ3n) is 5.45. The van der Waals surface area contributed by atoms with Gasteiger partial charge in [0, 0.05) is 12.1 Å². The van der Waals surface area contributed by atoms with Crippen molar-refractivity contribution in [3.05, 3.63) is 95.8 Å². The Bertz CT molecular complexity index is 1430. The van der Waals surface area contributed by atoms with Gasteiger partial charge in [-0.25, -0.2) is 14.1 Å². The molecule has 7 heteroatoms. The summed E-state index contributed by atoms with van der Waals surface area (Å²) < 4.78 is 15.7. The Labute approximate surface area is 190 Å². The summed E-state index contributed by atoms with van der Waals surface area (Å²) in [5.74, 6) is 0.486. The second-order valence-corrected chi connectivity index (χ2v) is 7.90. The van der Waals surface area contributed by atoms with Crippen LogP contribution in [0, 0.1) is 12.7 Å². The molecule has 0 spiro atoms. The highest BCUT2D eigenvalue weighted by atomic mass is 19.1. The second-order valence-electron chi connectivity index (χ2n) is 7.90. The first kappa shape index (κ1) is 20.6. The third kappa shape index (κ3) is 4.25. The van der Waals surface area contributed by atoms with Crippen molar-refractivity contribution < 1.29 is 4.39 Å². The number of hydrogen-bond acceptors (Lipinski definition) is 5. The Kier molecular flexibility index (Phi) is 5.44. The van der Waals surface area contributed by atoms with Crippen molar-refractivity contribution in [3.63, 3.8) is 0 Å². The Morgan fingerprint density at radius 3 is 2.55 bits per heavy atom. The van der Waals surface area contributed by atoms with E-state index in [0.717, 1.165) is 17.7 Å². The van der Waals surface area contributed by atoms with Gasteiger partial charge >= 0.3 is 0 Å². The molecule has 0 fully saturated rings. The molecule has 5 rings (SSSR count). The molecule has 0 aliphatic carbocycles. The third-order valence-corrected chi connectivity index (χ3v) is 5.45. The van der Waals surface area contributed by atoms with E-state index in [4.69, 9.17) is 10.7 Å². The van der Waals surface area contributed by atoms with Crippen molar-refractivity contribution in [1.29, 1.82) is 0 Å². The predicted molar refractivity (Wildman–Crippen MR) is 130 cm³/mol. The van der Waals surface area contributed by atoms with Gasteiger partial charge in [-0.1, -0.05) is 54.6 Å². The number of aryl methyl sites for hydroxylation is 1. The van der Waals surface area contributed by atoms with E-state index in [0.29, 0.717) is 40.6 Å². The van der Waals surface area contributed by atoms with E-state index in [9.17, 15) is 4.39 Å². The molecule has 0 bridgehead atoms. The smallest absolute Gasteiger partial charge is 0.225 e. The lowest BCUT2D eigenvalue weighted by Crippen LogP contribution is -2.08. The van der Waals surface area contributed by atoms with Gasteiger partial charge in [0.05, 0.1) is 16.8 Å². The van der Waals surface area contributed by atoms with Crippen molar-refractivity contribution in [2.45, 2.75) is 13.3 Å². The van der Waals surface area contributed by atoms with E-state index in [1.165, 1.54) is 17.7 Å². The molecule has 33 heavy (non-hydrogen) atoms. The number of benzene rings is 3. The molecule has 0 radical (unpaired) electrons. The molecule has 0 saturated carbocycles. The van der Waals surface area contributed by atoms with Crippen LogP contribution in [0.15, 0.2) is 78.9 Å². The van der Waals surface area contributed by atoms with Crippen molar-refractivity contribution in [2.75, 3.05) is 17.6 Å². The summed E-state index contributed by atoms with van der Waals surface area (Å²) in [7, 11) is 0. The number of hydrogen-bond donors (Lipinski definition) is 2. The van der Waals surface area contributed by atoms with Gasteiger partial charge in [-0.15, -0.1) is 5.10 Å². The lowest BCUT2D eigenvalue weighted by atomic mass is 10.1. The predicted octanol–water partition coefficient (Wildman–Crippen LogP) is 5.17. The Morgan fingerprint density at radius 1 is 0.939 bits per heavy atom. The number of anilines is 2. The maximum atomic E-state index is 14.0. The van der Waals surface area contributed by atoms with Gasteiger partial charge in [0.1, 0.15) is 11.6 Å². The maximum absolute atomic E-state index is 14.0. The van der Waals surface area contributed by atoms with E-state index >= 15 is 0 Å². The number of nitrogens with two attached hydrogens (primary N) is 1. The van der Waals surface area contributed by atoms with Crippen LogP contribution in [-0.2, 0) is 6.42 Å². The Balaban J connectivity index is 1.59. The van der Waals surface area contributed by atoms with E-state index in [1.54, 1.807) is 10.7 Å². The van der Waals surface area contributed by atoms with Crippen molar-refractivity contribution in [3.8, 4) is 16.9 Å². The molecule has 0 saturated heterocycles. The summed E-state index contributed by atoms with van der Waals surface area (Å²) in [6, 6.07) is 24.4. The van der Waals surface area contributed by atoms with Crippen LogP contribution in [0.3, 0.4) is 0 Å². The van der Waals surface area contributed by atoms with Gasteiger partial charge in [-0.2, -0.15) is 4.98 Å². The van der Waals surface area contributed by atoms with Gasteiger partial charge in [-0.3, -0.25) is 0 Å². The van der Waals surface area contributed by atoms with Gasteiger partial charge in [0.15, 0.2) is 5.65 Å². The zero-order valence-corrected chi connectivity index (χ0v) is 18.2. The molecular formula is C26H23FN6. The number of aromatic nitrogens is 4. The van der Waals surface area contributed by atoms with E-state index in [-0.39, 0.29) is 5.82 Å². The quantitative estimate of drug-likeness (QED) is 0.382. The van der Waals surface area contributed by atoms with E-state index in [2.05, 4.69) is 27.5 Å². The van der Waals surface area contributed by atoms with Gasteiger partial charge in [0.2, 0.25) is 5.95 Å². The minimum atomic E-state index is -0.345. The summed E-state index contributed by atoms with van der Waals surface area (Å²) in [4.78, 5) is 9.32. The number of fused-ring (bicyclic) bond motifs is 1. The minimum absolute atomic E-state index is 0.345. The average Bonchev–Trinajstić information content (AvgIpc) is 3.16.